The van der Waals surface area contributed by atoms with Gasteiger partial charge < -0.3 is 4.90 Å². The molecule has 0 aliphatic rings. The van der Waals surface area contributed by atoms with Gasteiger partial charge in [0.05, 0.1) is 0 Å². The van der Waals surface area contributed by atoms with Crippen LogP contribution in [-0.2, 0) is 4.79 Å². The summed E-state index contributed by atoms with van der Waals surface area (Å²) in [4.78, 5) is 11.4. The first-order valence-corrected chi connectivity index (χ1v) is 6.82. The average molecular weight is 241 g/mol. The maximum Gasteiger partial charge on any atom is 0.142 e. The molecular formula is C15H31NO. The third-order valence-corrected chi connectivity index (χ3v) is 2.95. The molecule has 102 valence electrons. The molecule has 0 heterocycles. The second-order valence-corrected chi connectivity index (χ2v) is 4.74. The van der Waals surface area contributed by atoms with Crippen LogP contribution < -0.4 is 0 Å². The summed E-state index contributed by atoms with van der Waals surface area (Å²) in [6.45, 7) is 7.69. The first kappa shape index (κ1) is 18.7. The molecule has 0 spiro atoms. The van der Waals surface area contributed by atoms with Crippen molar-refractivity contribution in [2.75, 3.05) is 14.1 Å². The van der Waals surface area contributed by atoms with Crippen LogP contribution in [0.5, 0.6) is 0 Å². The van der Waals surface area contributed by atoms with E-state index < -0.39 is 0 Å². The van der Waals surface area contributed by atoms with Gasteiger partial charge in [-0.15, -0.1) is 0 Å². The summed E-state index contributed by atoms with van der Waals surface area (Å²) in [5.74, 6) is 0. The lowest BCUT2D eigenvalue weighted by Gasteiger charge is -2.19. The second-order valence-electron chi connectivity index (χ2n) is 4.74. The van der Waals surface area contributed by atoms with E-state index in [9.17, 15) is 0 Å². The van der Waals surface area contributed by atoms with E-state index in [1.807, 2.05) is 0 Å². The summed E-state index contributed by atoms with van der Waals surface area (Å²) in [7, 11) is 4.34. The number of carbonyl (C=O) groups is 1. The minimum Gasteiger partial charge on any atom is -0.307 e. The Morgan fingerprint density at radius 1 is 1.12 bits per heavy atom. The fraction of sp³-hybridized carbons (Fsp3) is 0.800. The van der Waals surface area contributed by atoms with E-state index in [0.717, 1.165) is 6.04 Å². The highest BCUT2D eigenvalue weighted by Crippen LogP contribution is 2.10. The Morgan fingerprint density at radius 3 is 2.00 bits per heavy atom. The number of hydrogen-bond acceptors (Lipinski definition) is 2. The van der Waals surface area contributed by atoms with Gasteiger partial charge in [0.25, 0.3) is 0 Å². The SMILES string of the molecule is C=CC=O.CCCCCCCCC(C)N(C)C. The van der Waals surface area contributed by atoms with Crippen molar-refractivity contribution in [3.63, 3.8) is 0 Å². The number of rotatable bonds is 9. The van der Waals surface area contributed by atoms with E-state index in [1.54, 1.807) is 0 Å². The zero-order valence-electron chi connectivity index (χ0n) is 12.2. The molecule has 0 aromatic heterocycles. The molecule has 1 unspecified atom stereocenters. The molecule has 0 aromatic carbocycles. The van der Waals surface area contributed by atoms with Gasteiger partial charge >= 0.3 is 0 Å². The number of unbranched alkanes of at least 4 members (excludes halogenated alkanes) is 5. The molecule has 0 fully saturated rings. The van der Waals surface area contributed by atoms with Crippen molar-refractivity contribution < 1.29 is 4.79 Å². The highest BCUT2D eigenvalue weighted by atomic mass is 16.1. The van der Waals surface area contributed by atoms with Gasteiger partial charge in [0, 0.05) is 6.04 Å². The maximum absolute atomic E-state index is 9.06. The summed E-state index contributed by atoms with van der Waals surface area (Å²) in [6, 6.07) is 0.756. The predicted octanol–water partition coefficient (Wildman–Crippen LogP) is 4.06. The normalized spacial score (nSPS) is 11.6. The molecule has 0 saturated heterocycles. The summed E-state index contributed by atoms with van der Waals surface area (Å²) >= 11 is 0. The van der Waals surface area contributed by atoms with Gasteiger partial charge in [-0.2, -0.15) is 0 Å². The van der Waals surface area contributed by atoms with E-state index in [1.165, 1.54) is 51.0 Å². The molecule has 0 aromatic rings. The quantitative estimate of drug-likeness (QED) is 0.345. The zero-order valence-corrected chi connectivity index (χ0v) is 12.2. The lowest BCUT2D eigenvalue weighted by molar-refractivity contribution is -0.104. The van der Waals surface area contributed by atoms with E-state index >= 15 is 0 Å². The van der Waals surface area contributed by atoms with Crippen LogP contribution in [0.15, 0.2) is 12.7 Å². The van der Waals surface area contributed by atoms with Crippen molar-refractivity contribution >= 4 is 6.29 Å². The smallest absolute Gasteiger partial charge is 0.142 e. The molecule has 1 atom stereocenters. The van der Waals surface area contributed by atoms with Crippen LogP contribution in [0.3, 0.4) is 0 Å². The van der Waals surface area contributed by atoms with Gasteiger partial charge in [0.2, 0.25) is 0 Å². The van der Waals surface area contributed by atoms with Crippen molar-refractivity contribution in [2.45, 2.75) is 64.8 Å². The van der Waals surface area contributed by atoms with Gasteiger partial charge in [0.1, 0.15) is 6.29 Å². The predicted molar refractivity (Wildman–Crippen MR) is 77.4 cm³/mol. The van der Waals surface area contributed by atoms with Crippen molar-refractivity contribution in [1.29, 1.82) is 0 Å². The third kappa shape index (κ3) is 18.0. The molecular weight excluding hydrogens is 210 g/mol. The monoisotopic (exact) mass is 241 g/mol. The lowest BCUT2D eigenvalue weighted by atomic mass is 10.1. The molecule has 2 nitrogen and oxygen atoms in total. The fourth-order valence-corrected chi connectivity index (χ4v) is 1.48. The molecule has 0 bridgehead atoms. The Labute approximate surface area is 108 Å². The van der Waals surface area contributed by atoms with Crippen LogP contribution in [0.1, 0.15) is 58.8 Å². The van der Waals surface area contributed by atoms with E-state index in [4.69, 9.17) is 4.79 Å². The molecule has 0 amide bonds. The highest BCUT2D eigenvalue weighted by Gasteiger charge is 2.02. The van der Waals surface area contributed by atoms with Crippen LogP contribution in [0.2, 0.25) is 0 Å². The van der Waals surface area contributed by atoms with Crippen LogP contribution >= 0.6 is 0 Å². The lowest BCUT2D eigenvalue weighted by Crippen LogP contribution is -2.24. The van der Waals surface area contributed by atoms with Crippen LogP contribution in [0.4, 0.5) is 0 Å². The second kappa shape index (κ2) is 15.4. The number of allylic oxidation sites excluding steroid dienone is 1. The third-order valence-electron chi connectivity index (χ3n) is 2.95. The number of aldehydes is 1. The maximum atomic E-state index is 9.06. The topological polar surface area (TPSA) is 20.3 Å². The van der Waals surface area contributed by atoms with Crippen molar-refractivity contribution in [3.8, 4) is 0 Å². The van der Waals surface area contributed by atoms with Crippen molar-refractivity contribution in [2.24, 2.45) is 0 Å². The standard InChI is InChI=1S/C12H27N.C3H4O/c1-5-6-7-8-9-10-11-12(2)13(3)4;1-2-3-4/h12H,5-11H2,1-4H3;2-3H,1H2. The Bertz CT molecular complexity index is 160. The number of hydrogen-bond donors (Lipinski definition) is 0. The first-order valence-electron chi connectivity index (χ1n) is 6.82. The summed E-state index contributed by atoms with van der Waals surface area (Å²) in [5.41, 5.74) is 0. The van der Waals surface area contributed by atoms with Crippen molar-refractivity contribution in [1.82, 2.24) is 4.90 Å². The number of carbonyl (C=O) groups excluding carboxylic acids is 1. The summed E-state index contributed by atoms with van der Waals surface area (Å²) < 4.78 is 0. The molecule has 0 N–H and O–H groups in total. The largest absolute Gasteiger partial charge is 0.307 e. The van der Waals surface area contributed by atoms with Gasteiger partial charge in [-0.25, -0.2) is 0 Å². The molecule has 2 heteroatoms. The average Bonchev–Trinajstić information content (AvgIpc) is 2.33. The van der Waals surface area contributed by atoms with E-state index in [0.29, 0.717) is 6.29 Å². The Morgan fingerprint density at radius 2 is 1.59 bits per heavy atom. The summed E-state index contributed by atoms with van der Waals surface area (Å²) in [5, 5.41) is 0. The van der Waals surface area contributed by atoms with Gasteiger partial charge in [0.15, 0.2) is 0 Å². The Hall–Kier alpha value is -0.630. The van der Waals surface area contributed by atoms with Crippen molar-refractivity contribution in [3.05, 3.63) is 12.7 Å². The molecule has 17 heavy (non-hydrogen) atoms. The minimum atomic E-state index is 0.639. The van der Waals surface area contributed by atoms with E-state index in [-0.39, 0.29) is 0 Å². The zero-order chi connectivity index (χ0) is 13.5. The van der Waals surface area contributed by atoms with Gasteiger partial charge in [-0.05, 0) is 33.5 Å². The fourth-order valence-electron chi connectivity index (χ4n) is 1.48. The molecule has 0 aliphatic heterocycles. The number of nitrogens with zero attached hydrogens (tertiary/aromatic N) is 1. The van der Waals surface area contributed by atoms with Crippen LogP contribution in [0.25, 0.3) is 0 Å². The van der Waals surface area contributed by atoms with Gasteiger partial charge in [-0.1, -0.05) is 52.0 Å². The molecule has 0 aliphatic carbocycles. The summed E-state index contributed by atoms with van der Waals surface area (Å²) in [6.07, 6.45) is 11.7. The Balaban J connectivity index is 0. The first-order chi connectivity index (χ1) is 8.09. The Kier molecular flexibility index (Phi) is 16.9. The van der Waals surface area contributed by atoms with Gasteiger partial charge in [-0.3, -0.25) is 4.79 Å². The highest BCUT2D eigenvalue weighted by molar-refractivity contribution is 5.63. The molecule has 0 saturated carbocycles. The van der Waals surface area contributed by atoms with Crippen LogP contribution in [0, 0.1) is 0 Å². The van der Waals surface area contributed by atoms with Crippen LogP contribution in [-0.4, -0.2) is 31.3 Å². The van der Waals surface area contributed by atoms with E-state index in [2.05, 4.69) is 39.4 Å². The molecule has 0 rings (SSSR count). The minimum absolute atomic E-state index is 0.639. The molecule has 0 radical (unpaired) electrons.